The second kappa shape index (κ2) is 36.3. The van der Waals surface area contributed by atoms with Crippen LogP contribution in [0.5, 0.6) is 0 Å². The van der Waals surface area contributed by atoms with E-state index < -0.39 is 12.0 Å². The molecule has 0 spiro atoms. The van der Waals surface area contributed by atoms with Gasteiger partial charge in [-0.15, -0.1) is 0 Å². The van der Waals surface area contributed by atoms with Gasteiger partial charge in [-0.3, -0.25) is 19.2 Å². The zero-order chi connectivity index (χ0) is 36.0. The molecule has 14 heteroatoms. The van der Waals surface area contributed by atoms with Gasteiger partial charge in [-0.2, -0.15) is 0 Å². The van der Waals surface area contributed by atoms with Gasteiger partial charge in [0.1, 0.15) is 25.8 Å². The lowest BCUT2D eigenvalue weighted by molar-refractivity contribution is -0.137. The highest BCUT2D eigenvalue weighted by Crippen LogP contribution is 2.14. The number of hydrogen-bond acceptors (Lipinski definition) is 10. The number of carbonyl (C=O) groups excluding carboxylic acids is 5. The Morgan fingerprint density at radius 2 is 1.00 bits per heavy atom. The molecule has 0 radical (unpaired) electrons. The van der Waals surface area contributed by atoms with E-state index >= 15 is 0 Å². The van der Waals surface area contributed by atoms with Crippen molar-refractivity contribution in [3.63, 3.8) is 0 Å². The van der Waals surface area contributed by atoms with Gasteiger partial charge in [0, 0.05) is 32.4 Å². The van der Waals surface area contributed by atoms with Crippen LogP contribution in [0.15, 0.2) is 0 Å². The zero-order valence-electron chi connectivity index (χ0n) is 29.6. The Bertz CT molecular complexity index is 861. The molecule has 0 heterocycles. The van der Waals surface area contributed by atoms with Crippen molar-refractivity contribution in [3.05, 3.63) is 0 Å². The van der Waals surface area contributed by atoms with Crippen LogP contribution in [-0.4, -0.2) is 113 Å². The number of nitrogens with one attached hydrogen (secondary N) is 3. The summed E-state index contributed by atoms with van der Waals surface area (Å²) in [5, 5.41) is 16.7. The van der Waals surface area contributed by atoms with Crippen LogP contribution < -0.4 is 16.0 Å². The summed E-state index contributed by atoms with van der Waals surface area (Å²) in [4.78, 5) is 68.0. The van der Waals surface area contributed by atoms with Crippen molar-refractivity contribution in [3.8, 4) is 0 Å². The number of aldehydes is 2. The molecule has 0 aliphatic rings. The van der Waals surface area contributed by atoms with Crippen molar-refractivity contribution in [2.45, 2.75) is 122 Å². The molecule has 0 rings (SSSR count). The SMILES string of the molecule is O=CCOCCOCCNC(=O)COCCOCCNC(=O)CCC(C=O)NC(=O)CCCCCCCCCCCCCCCCC(=O)O. The maximum Gasteiger partial charge on any atom is 0.303 e. The highest BCUT2D eigenvalue weighted by molar-refractivity contribution is 5.80. The van der Waals surface area contributed by atoms with Gasteiger partial charge < -0.3 is 49.6 Å². The summed E-state index contributed by atoms with van der Waals surface area (Å²) in [5.41, 5.74) is 0. The Morgan fingerprint density at radius 1 is 0.531 bits per heavy atom. The van der Waals surface area contributed by atoms with Gasteiger partial charge in [-0.05, 0) is 19.3 Å². The molecular weight excluding hydrogens is 638 g/mol. The number of hydrogen-bond donors (Lipinski definition) is 4. The van der Waals surface area contributed by atoms with Crippen molar-refractivity contribution >= 4 is 36.3 Å². The topological polar surface area (TPSA) is 196 Å². The van der Waals surface area contributed by atoms with Crippen molar-refractivity contribution in [2.24, 2.45) is 0 Å². The maximum atomic E-state index is 12.2. The third-order valence-corrected chi connectivity index (χ3v) is 7.54. The van der Waals surface area contributed by atoms with E-state index in [1.54, 1.807) is 0 Å². The molecule has 0 fully saturated rings. The fourth-order valence-electron chi connectivity index (χ4n) is 4.82. The number of aliphatic carboxylic acids is 1. The van der Waals surface area contributed by atoms with Gasteiger partial charge in [0.15, 0.2) is 0 Å². The van der Waals surface area contributed by atoms with E-state index in [0.29, 0.717) is 45.4 Å². The van der Waals surface area contributed by atoms with Gasteiger partial charge >= 0.3 is 5.97 Å². The van der Waals surface area contributed by atoms with E-state index in [4.69, 9.17) is 24.1 Å². The summed E-state index contributed by atoms with van der Waals surface area (Å²) in [6.07, 6.45) is 17.9. The average Bonchev–Trinajstić information content (AvgIpc) is 3.08. The third-order valence-electron chi connectivity index (χ3n) is 7.54. The minimum atomic E-state index is -0.704. The van der Waals surface area contributed by atoms with Gasteiger partial charge in [-0.1, -0.05) is 77.0 Å². The quantitative estimate of drug-likeness (QED) is 0.0545. The molecule has 0 aromatic heterocycles. The van der Waals surface area contributed by atoms with Crippen LogP contribution in [0.25, 0.3) is 0 Å². The molecule has 14 nitrogen and oxygen atoms in total. The van der Waals surface area contributed by atoms with Gasteiger partial charge in [-0.25, -0.2) is 0 Å². The smallest absolute Gasteiger partial charge is 0.303 e. The molecular formula is C35H63N3O11. The van der Waals surface area contributed by atoms with Gasteiger partial charge in [0.05, 0.1) is 45.7 Å². The predicted octanol–water partition coefficient (Wildman–Crippen LogP) is 3.27. The lowest BCUT2D eigenvalue weighted by atomic mass is 10.0. The Labute approximate surface area is 292 Å². The van der Waals surface area contributed by atoms with Crippen LogP contribution in [0.3, 0.4) is 0 Å². The van der Waals surface area contributed by atoms with E-state index in [-0.39, 0.29) is 76.6 Å². The van der Waals surface area contributed by atoms with Crippen LogP contribution in [0, 0.1) is 0 Å². The summed E-state index contributed by atoms with van der Waals surface area (Å²) < 4.78 is 20.8. The van der Waals surface area contributed by atoms with E-state index in [1.807, 2.05) is 0 Å². The maximum absolute atomic E-state index is 12.2. The molecule has 1 unspecified atom stereocenters. The number of ether oxygens (including phenoxy) is 4. The van der Waals surface area contributed by atoms with Crippen LogP contribution >= 0.6 is 0 Å². The van der Waals surface area contributed by atoms with Crippen molar-refractivity contribution < 1.29 is 52.8 Å². The number of carbonyl (C=O) groups is 6. The van der Waals surface area contributed by atoms with Gasteiger partial charge in [0.25, 0.3) is 0 Å². The zero-order valence-corrected chi connectivity index (χ0v) is 29.6. The molecule has 1 atom stereocenters. The second-order valence-electron chi connectivity index (χ2n) is 11.9. The first-order valence-corrected chi connectivity index (χ1v) is 18.1. The molecule has 0 aliphatic carbocycles. The first-order chi connectivity index (χ1) is 23.9. The van der Waals surface area contributed by atoms with Crippen molar-refractivity contribution in [2.75, 3.05) is 65.9 Å². The van der Waals surface area contributed by atoms with E-state index in [2.05, 4.69) is 16.0 Å². The monoisotopic (exact) mass is 701 g/mol. The summed E-state index contributed by atoms with van der Waals surface area (Å²) in [5.74, 6) is -1.39. The lowest BCUT2D eigenvalue weighted by Crippen LogP contribution is -2.37. The fourth-order valence-corrected chi connectivity index (χ4v) is 4.82. The molecule has 0 aromatic rings. The Morgan fingerprint density at radius 3 is 1.51 bits per heavy atom. The van der Waals surface area contributed by atoms with E-state index in [1.165, 1.54) is 44.9 Å². The molecule has 284 valence electrons. The first-order valence-electron chi connectivity index (χ1n) is 18.1. The van der Waals surface area contributed by atoms with Crippen LogP contribution in [0.4, 0.5) is 0 Å². The third kappa shape index (κ3) is 36.2. The molecule has 49 heavy (non-hydrogen) atoms. The number of amides is 3. The molecule has 0 bridgehead atoms. The number of unbranched alkanes of at least 4 members (excludes halogenated alkanes) is 13. The minimum Gasteiger partial charge on any atom is -0.481 e. The average molecular weight is 702 g/mol. The number of rotatable bonds is 38. The van der Waals surface area contributed by atoms with Crippen molar-refractivity contribution in [1.82, 2.24) is 16.0 Å². The Kier molecular flexibility index (Phi) is 34.2. The second-order valence-corrected chi connectivity index (χ2v) is 11.9. The highest BCUT2D eigenvalue weighted by atomic mass is 16.5. The van der Waals surface area contributed by atoms with Gasteiger partial charge in [0.2, 0.25) is 17.7 Å². The first kappa shape index (κ1) is 46.1. The number of carboxylic acids is 1. The van der Waals surface area contributed by atoms with Crippen LogP contribution in [0.1, 0.15) is 116 Å². The van der Waals surface area contributed by atoms with E-state index in [9.17, 15) is 28.8 Å². The summed E-state index contributed by atoms with van der Waals surface area (Å²) >= 11 is 0. The van der Waals surface area contributed by atoms with E-state index in [0.717, 1.165) is 44.9 Å². The molecule has 0 saturated heterocycles. The summed E-state index contributed by atoms with van der Waals surface area (Å²) in [7, 11) is 0. The molecule has 0 aliphatic heterocycles. The molecule has 3 amide bonds. The standard InChI is InChI=1S/C35H63N3O11/c39-21-24-48-26-25-46-23-20-37-34(43)30-49-28-27-47-22-19-36-32(41)18-17-31(29-40)38-33(42)15-13-11-9-7-5-3-1-2-4-6-8-10-12-14-16-35(44)45/h21,29,31H,1-20,22-28,30H2,(H,36,41)(H,37,43)(H,38,42)(H,44,45). The molecule has 4 N–H and O–H groups in total. The largest absolute Gasteiger partial charge is 0.481 e. The normalized spacial score (nSPS) is 11.5. The van der Waals surface area contributed by atoms with Crippen molar-refractivity contribution in [1.29, 1.82) is 0 Å². The molecule has 0 aromatic carbocycles. The summed E-state index contributed by atoms with van der Waals surface area (Å²) in [6.45, 7) is 2.26. The Balaban J connectivity index is 3.55. The van der Waals surface area contributed by atoms with Crippen LogP contribution in [-0.2, 0) is 47.7 Å². The minimum absolute atomic E-state index is 0.0362. The highest BCUT2D eigenvalue weighted by Gasteiger charge is 2.13. The Hall–Kier alpha value is -2.94. The molecule has 0 saturated carbocycles. The number of carboxylic acid groups (broad SMARTS) is 1. The fraction of sp³-hybridized carbons (Fsp3) is 0.829. The van der Waals surface area contributed by atoms with Crippen LogP contribution in [0.2, 0.25) is 0 Å². The summed E-state index contributed by atoms with van der Waals surface area (Å²) in [6, 6.07) is -0.692. The lowest BCUT2D eigenvalue weighted by Gasteiger charge is -2.13. The predicted molar refractivity (Wildman–Crippen MR) is 184 cm³/mol.